The molecule has 0 bridgehead atoms. The molecule has 2 aliphatic heterocycles. The van der Waals surface area contributed by atoms with Crippen LogP contribution >= 0.6 is 0 Å². The fraction of sp³-hybridized carbons (Fsp3) is 0.391. The molecule has 1 fully saturated rings. The van der Waals surface area contributed by atoms with Crippen LogP contribution in [0.3, 0.4) is 0 Å². The van der Waals surface area contributed by atoms with Gasteiger partial charge in [-0.25, -0.2) is 0 Å². The van der Waals surface area contributed by atoms with Crippen LogP contribution < -0.4 is 4.74 Å². The van der Waals surface area contributed by atoms with E-state index in [1.165, 1.54) is 6.07 Å². The first kappa shape index (κ1) is 20.2. The average Bonchev–Trinajstić information content (AvgIpc) is 3.12. The lowest BCUT2D eigenvalue weighted by atomic mass is 9.84. The molecule has 2 N–H and O–H groups in total. The summed E-state index contributed by atoms with van der Waals surface area (Å²) in [5.74, 6) is 1.22. The van der Waals surface area contributed by atoms with E-state index in [0.717, 1.165) is 6.42 Å². The highest BCUT2D eigenvalue weighted by atomic mass is 16.5. The Morgan fingerprint density at radius 2 is 1.90 bits per heavy atom. The van der Waals surface area contributed by atoms with Crippen LogP contribution in [0.4, 0.5) is 0 Å². The molecule has 0 saturated carbocycles. The van der Waals surface area contributed by atoms with E-state index < -0.39 is 5.60 Å². The van der Waals surface area contributed by atoms with Gasteiger partial charge < -0.3 is 19.8 Å². The molecule has 1 saturated heterocycles. The largest absolute Gasteiger partial charge is 0.508 e. The number of phenols is 1. The van der Waals surface area contributed by atoms with Gasteiger partial charge >= 0.3 is 0 Å². The summed E-state index contributed by atoms with van der Waals surface area (Å²) >= 11 is 0. The minimum absolute atomic E-state index is 0.0396. The zero-order valence-electron chi connectivity index (χ0n) is 17.1. The smallest absolute Gasteiger partial charge is 0.253 e. The van der Waals surface area contributed by atoms with Crippen LogP contribution in [0.5, 0.6) is 17.2 Å². The van der Waals surface area contributed by atoms with Gasteiger partial charge in [0.15, 0.2) is 0 Å². The Morgan fingerprint density at radius 3 is 2.53 bits per heavy atom. The molecule has 0 aliphatic carbocycles. The number of aromatic hydroxyl groups is 1. The molecule has 4 rings (SSSR count). The number of carbonyl (C=O) groups excluding carboxylic acids is 1. The first-order valence-electron chi connectivity index (χ1n) is 10.3. The zero-order valence-corrected chi connectivity index (χ0v) is 17.1. The van der Waals surface area contributed by atoms with Gasteiger partial charge in [0, 0.05) is 44.4 Å². The highest BCUT2D eigenvalue weighted by Gasteiger charge is 2.37. The lowest BCUT2D eigenvalue weighted by molar-refractivity contribution is -0.0368. The number of amides is 1. The van der Waals surface area contributed by atoms with Crippen LogP contribution in [0.25, 0.3) is 0 Å². The van der Waals surface area contributed by atoms with Crippen molar-refractivity contribution in [2.24, 2.45) is 5.10 Å². The van der Waals surface area contributed by atoms with Gasteiger partial charge in [-0.15, -0.1) is 0 Å². The third-order valence-electron chi connectivity index (χ3n) is 5.92. The first-order valence-corrected chi connectivity index (χ1v) is 10.3. The molecule has 30 heavy (non-hydrogen) atoms. The van der Waals surface area contributed by atoms with Crippen molar-refractivity contribution in [1.82, 2.24) is 9.91 Å². The molecule has 158 valence electrons. The van der Waals surface area contributed by atoms with Crippen LogP contribution in [0.15, 0.2) is 53.6 Å². The van der Waals surface area contributed by atoms with Crippen molar-refractivity contribution >= 4 is 12.1 Å². The molecule has 1 unspecified atom stereocenters. The number of carbonyl (C=O) groups is 1. The number of phenolic OH excluding ortho intramolecular Hbond substituents is 1. The molecule has 2 aromatic rings. The second-order valence-corrected chi connectivity index (χ2v) is 8.11. The van der Waals surface area contributed by atoms with Gasteiger partial charge in [0.1, 0.15) is 17.2 Å². The number of piperidine rings is 1. The van der Waals surface area contributed by atoms with E-state index in [4.69, 9.17) is 4.74 Å². The maximum absolute atomic E-state index is 12.9. The van der Waals surface area contributed by atoms with Crippen molar-refractivity contribution in [3.63, 3.8) is 0 Å². The van der Waals surface area contributed by atoms with Crippen molar-refractivity contribution in [3.05, 3.63) is 54.1 Å². The van der Waals surface area contributed by atoms with Crippen LogP contribution in [0.2, 0.25) is 0 Å². The molecule has 1 atom stereocenters. The summed E-state index contributed by atoms with van der Waals surface area (Å²) in [4.78, 5) is 14.7. The number of rotatable bonds is 5. The highest BCUT2D eigenvalue weighted by Crippen LogP contribution is 2.31. The third kappa shape index (κ3) is 4.57. The summed E-state index contributed by atoms with van der Waals surface area (Å²) in [7, 11) is 1.93. The van der Waals surface area contributed by atoms with E-state index in [-0.39, 0.29) is 17.7 Å². The fourth-order valence-electron chi connectivity index (χ4n) is 4.06. The van der Waals surface area contributed by atoms with Gasteiger partial charge in [0.2, 0.25) is 0 Å². The molecule has 2 aliphatic rings. The molecule has 2 heterocycles. The number of likely N-dealkylation sites (tertiary alicyclic amines) is 1. The molecule has 7 heteroatoms. The maximum Gasteiger partial charge on any atom is 0.253 e. The average molecular weight is 409 g/mol. The van der Waals surface area contributed by atoms with Crippen LogP contribution in [-0.4, -0.2) is 64.0 Å². The van der Waals surface area contributed by atoms with Gasteiger partial charge in [-0.2, -0.15) is 5.10 Å². The van der Waals surface area contributed by atoms with Gasteiger partial charge in [-0.3, -0.25) is 9.80 Å². The second-order valence-electron chi connectivity index (χ2n) is 8.11. The number of hydrazone groups is 1. The molecule has 7 nitrogen and oxygen atoms in total. The molecule has 0 radical (unpaired) electrons. The van der Waals surface area contributed by atoms with Crippen molar-refractivity contribution in [3.8, 4) is 17.2 Å². The van der Waals surface area contributed by atoms with Crippen LogP contribution in [0, 0.1) is 0 Å². The SMILES string of the molecule is CN1N=CCC1CC1(O)CCN(C(=O)c2ccc(Oc3cccc(O)c3)cc2)CC1. The van der Waals surface area contributed by atoms with E-state index in [0.29, 0.717) is 49.4 Å². The summed E-state index contributed by atoms with van der Waals surface area (Å²) in [6.45, 7) is 1.07. The van der Waals surface area contributed by atoms with E-state index in [9.17, 15) is 15.0 Å². The number of hydrogen-bond donors (Lipinski definition) is 2. The number of aliphatic hydroxyl groups is 1. The van der Waals surface area contributed by atoms with E-state index in [1.54, 1.807) is 47.4 Å². The molecule has 2 aromatic carbocycles. The number of hydrogen-bond acceptors (Lipinski definition) is 6. The summed E-state index contributed by atoms with van der Waals surface area (Å²) in [6.07, 6.45) is 4.56. The van der Waals surface area contributed by atoms with Crippen molar-refractivity contribution in [1.29, 1.82) is 0 Å². The minimum atomic E-state index is -0.748. The van der Waals surface area contributed by atoms with E-state index in [2.05, 4.69) is 5.10 Å². The molecular weight excluding hydrogens is 382 g/mol. The Morgan fingerprint density at radius 1 is 1.17 bits per heavy atom. The zero-order chi connectivity index (χ0) is 21.1. The summed E-state index contributed by atoms with van der Waals surface area (Å²) < 4.78 is 5.71. The number of benzene rings is 2. The highest BCUT2D eigenvalue weighted by molar-refractivity contribution is 5.94. The van der Waals surface area contributed by atoms with Crippen LogP contribution in [0.1, 0.15) is 36.0 Å². The Hall–Kier alpha value is -3.06. The van der Waals surface area contributed by atoms with Gasteiger partial charge in [0.25, 0.3) is 5.91 Å². The lowest BCUT2D eigenvalue weighted by Crippen LogP contribution is -2.49. The molecule has 0 aromatic heterocycles. The second kappa shape index (κ2) is 8.36. The summed E-state index contributed by atoms with van der Waals surface area (Å²) in [6, 6.07) is 13.8. The third-order valence-corrected chi connectivity index (χ3v) is 5.92. The first-order chi connectivity index (χ1) is 14.4. The maximum atomic E-state index is 12.9. The van der Waals surface area contributed by atoms with Gasteiger partial charge in [0.05, 0.1) is 11.6 Å². The molecule has 1 amide bonds. The summed E-state index contributed by atoms with van der Waals surface area (Å²) in [5.41, 5.74) is -0.157. The Kier molecular flexibility index (Phi) is 5.63. The van der Waals surface area contributed by atoms with E-state index >= 15 is 0 Å². The Labute approximate surface area is 176 Å². The topological polar surface area (TPSA) is 85.6 Å². The van der Waals surface area contributed by atoms with Crippen molar-refractivity contribution < 1.29 is 19.7 Å². The van der Waals surface area contributed by atoms with Crippen molar-refractivity contribution in [2.45, 2.75) is 37.3 Å². The monoisotopic (exact) mass is 409 g/mol. The Bertz CT molecular complexity index is 920. The lowest BCUT2D eigenvalue weighted by Gasteiger charge is -2.40. The predicted molar refractivity (Wildman–Crippen MR) is 114 cm³/mol. The molecular formula is C23H27N3O4. The predicted octanol–water partition coefficient (Wildman–Crippen LogP) is 3.23. The van der Waals surface area contributed by atoms with Crippen LogP contribution in [-0.2, 0) is 0 Å². The standard InChI is InChI=1S/C23H27N3O4/c1-25-18(9-12-24-25)16-23(29)10-13-26(14-11-23)22(28)17-5-7-20(8-6-17)30-21-4-2-3-19(27)15-21/h2-8,12,15,18,27,29H,9-11,13-14,16H2,1H3. The Balaban J connectivity index is 1.32. The quantitative estimate of drug-likeness (QED) is 0.792. The van der Waals surface area contributed by atoms with Gasteiger partial charge in [-0.1, -0.05) is 6.07 Å². The van der Waals surface area contributed by atoms with Crippen molar-refractivity contribution in [2.75, 3.05) is 20.1 Å². The number of ether oxygens (including phenoxy) is 1. The fourth-order valence-corrected chi connectivity index (χ4v) is 4.06. The van der Waals surface area contributed by atoms with Gasteiger partial charge in [-0.05, 0) is 55.7 Å². The number of nitrogens with zero attached hydrogens (tertiary/aromatic N) is 3. The minimum Gasteiger partial charge on any atom is -0.508 e. The summed E-state index contributed by atoms with van der Waals surface area (Å²) in [5, 5.41) is 26.6. The molecule has 0 spiro atoms. The van der Waals surface area contributed by atoms with E-state index in [1.807, 2.05) is 18.3 Å². The normalized spacial score (nSPS) is 20.4.